The second-order valence-electron chi connectivity index (χ2n) is 9.74. The predicted molar refractivity (Wildman–Crippen MR) is 132 cm³/mol. The summed E-state index contributed by atoms with van der Waals surface area (Å²) in [5.74, 6) is -1.55. The minimum Gasteiger partial charge on any atom is -0.480 e. The number of hydrogen-bond acceptors (Lipinski definition) is 5. The van der Waals surface area contributed by atoms with Gasteiger partial charge in [0.1, 0.15) is 12.6 Å². The normalized spacial score (nSPS) is 16.2. The summed E-state index contributed by atoms with van der Waals surface area (Å²) >= 11 is 0. The molecule has 4 rings (SSSR count). The number of carboxylic acids is 1. The van der Waals surface area contributed by atoms with Crippen molar-refractivity contribution in [3.05, 3.63) is 59.7 Å². The average molecular weight is 480 g/mol. The maximum absolute atomic E-state index is 12.9. The van der Waals surface area contributed by atoms with Crippen molar-refractivity contribution in [2.24, 2.45) is 11.8 Å². The Kier molecular flexibility index (Phi) is 7.70. The summed E-state index contributed by atoms with van der Waals surface area (Å²) in [5, 5.41) is 14.8. The van der Waals surface area contributed by atoms with Crippen molar-refractivity contribution in [2.75, 3.05) is 33.8 Å². The topological polar surface area (TPSA) is 108 Å². The van der Waals surface area contributed by atoms with E-state index < -0.39 is 24.0 Å². The van der Waals surface area contributed by atoms with Gasteiger partial charge >= 0.3 is 12.1 Å². The van der Waals surface area contributed by atoms with E-state index in [1.54, 1.807) is 19.0 Å². The molecule has 2 aromatic rings. The number of likely N-dealkylation sites (N-methyl/N-ethyl adjacent to an activating group) is 1. The molecule has 0 aromatic heterocycles. The van der Waals surface area contributed by atoms with Gasteiger partial charge in [0.15, 0.2) is 0 Å². The molecule has 0 saturated heterocycles. The smallest absolute Gasteiger partial charge is 0.407 e. The van der Waals surface area contributed by atoms with Gasteiger partial charge in [-0.3, -0.25) is 4.79 Å². The highest BCUT2D eigenvalue weighted by Crippen LogP contribution is 2.44. The lowest BCUT2D eigenvalue weighted by Gasteiger charge is -2.23. The first-order chi connectivity index (χ1) is 16.8. The molecule has 1 saturated carbocycles. The predicted octanol–water partition coefficient (Wildman–Crippen LogP) is 3.07. The molecule has 0 radical (unpaired) electrons. The molecule has 0 spiro atoms. The van der Waals surface area contributed by atoms with Crippen LogP contribution < -0.4 is 10.6 Å². The Hall–Kier alpha value is -3.39. The first-order valence-corrected chi connectivity index (χ1v) is 12.1. The van der Waals surface area contributed by atoms with Crippen LogP contribution in [0.2, 0.25) is 0 Å². The first-order valence-electron chi connectivity index (χ1n) is 12.1. The summed E-state index contributed by atoms with van der Waals surface area (Å²) in [6.07, 6.45) is 2.14. The molecule has 1 fully saturated rings. The number of carbonyl (C=O) groups excluding carboxylic acids is 2. The zero-order chi connectivity index (χ0) is 24.9. The third kappa shape index (κ3) is 6.19. The Morgan fingerprint density at radius 3 is 2.17 bits per heavy atom. The molecule has 2 aromatic carbocycles. The molecule has 2 amide bonds. The summed E-state index contributed by atoms with van der Waals surface area (Å²) in [6.45, 7) is 0.494. The van der Waals surface area contributed by atoms with Crippen molar-refractivity contribution in [3.63, 3.8) is 0 Å². The van der Waals surface area contributed by atoms with E-state index in [-0.39, 0.29) is 31.5 Å². The lowest BCUT2D eigenvalue weighted by molar-refractivity contribution is -0.142. The number of benzene rings is 2. The minimum absolute atomic E-state index is 0.0407. The van der Waals surface area contributed by atoms with Crippen LogP contribution in [0.15, 0.2) is 48.5 Å². The fraction of sp³-hybridized carbons (Fsp3) is 0.444. The summed E-state index contributed by atoms with van der Waals surface area (Å²) in [4.78, 5) is 38.7. The van der Waals surface area contributed by atoms with Gasteiger partial charge in [-0.2, -0.15) is 0 Å². The third-order valence-corrected chi connectivity index (χ3v) is 6.68. The van der Waals surface area contributed by atoms with E-state index in [1.165, 1.54) is 0 Å². The molecule has 186 valence electrons. The number of carbonyl (C=O) groups is 3. The molecule has 8 nitrogen and oxygen atoms in total. The van der Waals surface area contributed by atoms with E-state index in [0.29, 0.717) is 12.3 Å². The van der Waals surface area contributed by atoms with Crippen LogP contribution in [0.1, 0.15) is 36.3 Å². The second kappa shape index (κ2) is 10.9. The van der Waals surface area contributed by atoms with Gasteiger partial charge in [-0.1, -0.05) is 61.4 Å². The number of hydrogen-bond donors (Lipinski definition) is 3. The van der Waals surface area contributed by atoms with E-state index in [1.807, 2.05) is 24.3 Å². The lowest BCUT2D eigenvalue weighted by Crippen LogP contribution is -2.50. The molecule has 8 heteroatoms. The van der Waals surface area contributed by atoms with Gasteiger partial charge in [-0.25, -0.2) is 9.59 Å². The van der Waals surface area contributed by atoms with Crippen molar-refractivity contribution < 1.29 is 24.2 Å². The van der Waals surface area contributed by atoms with Gasteiger partial charge in [0.05, 0.1) is 5.92 Å². The van der Waals surface area contributed by atoms with Gasteiger partial charge in [0, 0.05) is 19.0 Å². The zero-order valence-electron chi connectivity index (χ0n) is 20.2. The average Bonchev–Trinajstić information content (AvgIpc) is 3.60. The number of aliphatic carboxylic acids is 1. The number of alkyl carbamates (subject to hydrolysis) is 1. The molecule has 2 aliphatic carbocycles. The van der Waals surface area contributed by atoms with Crippen LogP contribution in [0.25, 0.3) is 11.1 Å². The second-order valence-corrected chi connectivity index (χ2v) is 9.74. The SMILES string of the molecule is CN(C)C[C@H](NC(=O)C(CNC(=O)OCC1c2ccccc2-c2ccccc21)CC1CC1)C(=O)O. The molecule has 0 bridgehead atoms. The number of ether oxygens (including phenoxy) is 1. The van der Waals surface area contributed by atoms with E-state index in [4.69, 9.17) is 4.74 Å². The van der Waals surface area contributed by atoms with Crippen LogP contribution >= 0.6 is 0 Å². The third-order valence-electron chi connectivity index (χ3n) is 6.68. The van der Waals surface area contributed by atoms with E-state index in [0.717, 1.165) is 35.1 Å². The number of amides is 2. The molecule has 1 unspecified atom stereocenters. The summed E-state index contributed by atoms with van der Waals surface area (Å²) in [5.41, 5.74) is 4.58. The van der Waals surface area contributed by atoms with Crippen LogP contribution in [0, 0.1) is 11.8 Å². The van der Waals surface area contributed by atoms with Crippen LogP contribution in [-0.2, 0) is 14.3 Å². The van der Waals surface area contributed by atoms with Crippen molar-refractivity contribution in [1.29, 1.82) is 0 Å². The molecule has 2 atom stereocenters. The zero-order valence-corrected chi connectivity index (χ0v) is 20.2. The molecule has 2 aliphatic rings. The van der Waals surface area contributed by atoms with E-state index >= 15 is 0 Å². The highest BCUT2D eigenvalue weighted by Gasteiger charge is 2.33. The van der Waals surface area contributed by atoms with Crippen molar-refractivity contribution in [2.45, 2.75) is 31.2 Å². The maximum Gasteiger partial charge on any atom is 0.407 e. The van der Waals surface area contributed by atoms with E-state index in [9.17, 15) is 19.5 Å². The lowest BCUT2D eigenvalue weighted by atomic mass is 9.98. The Balaban J connectivity index is 1.34. The van der Waals surface area contributed by atoms with E-state index in [2.05, 4.69) is 34.9 Å². The van der Waals surface area contributed by atoms with Gasteiger partial charge in [0.2, 0.25) is 5.91 Å². The number of carboxylic acid groups (broad SMARTS) is 1. The summed E-state index contributed by atoms with van der Waals surface area (Å²) in [7, 11) is 3.50. The molecule has 35 heavy (non-hydrogen) atoms. The highest BCUT2D eigenvalue weighted by molar-refractivity contribution is 5.85. The molecular weight excluding hydrogens is 446 g/mol. The number of nitrogens with zero attached hydrogens (tertiary/aromatic N) is 1. The molecule has 0 heterocycles. The first kappa shape index (κ1) is 24.7. The van der Waals surface area contributed by atoms with Gasteiger partial charge < -0.3 is 25.4 Å². The summed E-state index contributed by atoms with van der Waals surface area (Å²) in [6, 6.07) is 15.3. The largest absolute Gasteiger partial charge is 0.480 e. The Morgan fingerprint density at radius 2 is 1.63 bits per heavy atom. The van der Waals surface area contributed by atoms with Crippen LogP contribution in [0.3, 0.4) is 0 Å². The molecule has 3 N–H and O–H groups in total. The van der Waals surface area contributed by atoms with Gasteiger partial charge in [-0.15, -0.1) is 0 Å². The molecular formula is C27H33N3O5. The fourth-order valence-corrected chi connectivity index (χ4v) is 4.74. The Labute approximate surface area is 205 Å². The number of nitrogens with one attached hydrogen (secondary N) is 2. The van der Waals surface area contributed by atoms with Crippen molar-refractivity contribution >= 4 is 18.0 Å². The van der Waals surface area contributed by atoms with Crippen LogP contribution in [0.4, 0.5) is 4.79 Å². The van der Waals surface area contributed by atoms with Crippen molar-refractivity contribution in [3.8, 4) is 11.1 Å². The van der Waals surface area contributed by atoms with Crippen molar-refractivity contribution in [1.82, 2.24) is 15.5 Å². The fourth-order valence-electron chi connectivity index (χ4n) is 4.74. The standard InChI is InChI=1S/C27H33N3O5/c1-30(2)15-24(26(32)33)29-25(31)18(13-17-11-12-17)14-28-27(34)35-16-23-21-9-5-3-7-19(21)20-8-4-6-10-22(20)23/h3-10,17-18,23-24H,11-16H2,1-2H3,(H,28,34)(H,29,31)(H,32,33)/t18?,24-/m0/s1. The van der Waals surface area contributed by atoms with Crippen LogP contribution in [0.5, 0.6) is 0 Å². The Bertz CT molecular complexity index is 1040. The van der Waals surface area contributed by atoms with Gasteiger partial charge in [-0.05, 0) is 48.7 Å². The monoisotopic (exact) mass is 479 g/mol. The number of rotatable bonds is 11. The molecule has 0 aliphatic heterocycles. The Morgan fingerprint density at radius 1 is 1.03 bits per heavy atom. The van der Waals surface area contributed by atoms with Gasteiger partial charge in [0.25, 0.3) is 0 Å². The quantitative estimate of drug-likeness (QED) is 0.457. The number of fused-ring (bicyclic) bond motifs is 3. The minimum atomic E-state index is -1.08. The van der Waals surface area contributed by atoms with Crippen LogP contribution in [-0.4, -0.2) is 67.8 Å². The highest BCUT2D eigenvalue weighted by atomic mass is 16.5. The maximum atomic E-state index is 12.9. The summed E-state index contributed by atoms with van der Waals surface area (Å²) < 4.78 is 5.58.